The molecule has 4 nitrogen and oxygen atoms in total. The number of rotatable bonds is 6. The Bertz CT molecular complexity index is 544. The Balaban J connectivity index is 1.66. The molecule has 0 heterocycles. The van der Waals surface area contributed by atoms with Crippen LogP contribution in [-0.4, -0.2) is 24.5 Å². The van der Waals surface area contributed by atoms with Crippen LogP contribution < -0.4 is 5.32 Å². The fraction of sp³-hybridized carbons (Fsp3) is 0.444. The van der Waals surface area contributed by atoms with Crippen molar-refractivity contribution >= 4 is 23.6 Å². The van der Waals surface area contributed by atoms with Gasteiger partial charge in [0.15, 0.2) is 6.61 Å². The van der Waals surface area contributed by atoms with E-state index in [1.807, 2.05) is 30.3 Å². The van der Waals surface area contributed by atoms with Crippen LogP contribution in [0.25, 0.3) is 0 Å². The quantitative estimate of drug-likeness (QED) is 0.491. The van der Waals surface area contributed by atoms with E-state index >= 15 is 0 Å². The van der Waals surface area contributed by atoms with Crippen LogP contribution in [0.15, 0.2) is 46.7 Å². The van der Waals surface area contributed by atoms with Gasteiger partial charge < -0.3 is 10.1 Å². The van der Waals surface area contributed by atoms with Crippen LogP contribution in [0.5, 0.6) is 0 Å². The van der Waals surface area contributed by atoms with Gasteiger partial charge in [-0.15, -0.1) is 0 Å². The summed E-state index contributed by atoms with van der Waals surface area (Å²) in [4.78, 5) is 24.5. The van der Waals surface area contributed by atoms with Gasteiger partial charge in [-0.1, -0.05) is 49.7 Å². The number of esters is 1. The van der Waals surface area contributed by atoms with E-state index < -0.39 is 5.97 Å². The van der Waals surface area contributed by atoms with E-state index in [9.17, 15) is 9.59 Å². The third-order valence-corrected chi connectivity index (χ3v) is 4.77. The van der Waals surface area contributed by atoms with Crippen molar-refractivity contribution in [2.24, 2.45) is 5.92 Å². The molecule has 2 rings (SSSR count). The monoisotopic (exact) mass is 333 g/mol. The van der Waals surface area contributed by atoms with Gasteiger partial charge >= 0.3 is 5.97 Å². The lowest BCUT2D eigenvalue weighted by Crippen LogP contribution is -2.42. The van der Waals surface area contributed by atoms with Crippen molar-refractivity contribution in [3.05, 3.63) is 41.8 Å². The summed E-state index contributed by atoms with van der Waals surface area (Å²) in [5.74, 6) is -0.230. The zero-order valence-electron chi connectivity index (χ0n) is 13.4. The maximum absolute atomic E-state index is 11.8. The molecule has 23 heavy (non-hydrogen) atoms. The Morgan fingerprint density at radius 3 is 2.74 bits per heavy atom. The second-order valence-corrected chi connectivity index (χ2v) is 6.76. The molecule has 0 bridgehead atoms. The van der Waals surface area contributed by atoms with E-state index in [4.69, 9.17) is 4.74 Å². The minimum Gasteiger partial charge on any atom is -0.452 e. The lowest BCUT2D eigenvalue weighted by Gasteiger charge is -2.29. The fourth-order valence-corrected chi connectivity index (χ4v) is 3.28. The Morgan fingerprint density at radius 2 is 2.00 bits per heavy atom. The van der Waals surface area contributed by atoms with Gasteiger partial charge in [-0.3, -0.25) is 4.79 Å². The minimum absolute atomic E-state index is 0.208. The molecule has 1 aliphatic carbocycles. The first-order chi connectivity index (χ1) is 11.1. The highest BCUT2D eigenvalue weighted by molar-refractivity contribution is 8.02. The van der Waals surface area contributed by atoms with E-state index in [-0.39, 0.29) is 18.6 Å². The van der Waals surface area contributed by atoms with E-state index in [1.54, 1.807) is 5.41 Å². The molecular weight excluding hydrogens is 310 g/mol. The van der Waals surface area contributed by atoms with Crippen molar-refractivity contribution in [1.82, 2.24) is 5.32 Å². The zero-order chi connectivity index (χ0) is 16.5. The zero-order valence-corrected chi connectivity index (χ0v) is 14.2. The summed E-state index contributed by atoms with van der Waals surface area (Å²) in [6.45, 7) is 1.93. The molecule has 1 aliphatic rings. The van der Waals surface area contributed by atoms with Gasteiger partial charge in [0.2, 0.25) is 0 Å². The molecule has 0 spiro atoms. The molecule has 1 aromatic rings. The van der Waals surface area contributed by atoms with Crippen molar-refractivity contribution in [2.75, 3.05) is 6.61 Å². The lowest BCUT2D eigenvalue weighted by molar-refractivity contribution is -0.144. The summed E-state index contributed by atoms with van der Waals surface area (Å²) in [7, 11) is 0. The van der Waals surface area contributed by atoms with Crippen LogP contribution in [-0.2, 0) is 14.3 Å². The number of hydrogen-bond acceptors (Lipinski definition) is 4. The van der Waals surface area contributed by atoms with E-state index in [0.29, 0.717) is 5.92 Å². The SMILES string of the molecule is C[C@@H]1CCCC[C@@H]1NC(=O)COC(=O)/C=C/Sc1ccccc1. The highest BCUT2D eigenvalue weighted by Gasteiger charge is 2.22. The summed E-state index contributed by atoms with van der Waals surface area (Å²) < 4.78 is 4.97. The number of amides is 1. The van der Waals surface area contributed by atoms with Crippen molar-refractivity contribution in [2.45, 2.75) is 43.5 Å². The average Bonchev–Trinajstić information content (AvgIpc) is 2.56. The molecule has 5 heteroatoms. The van der Waals surface area contributed by atoms with Crippen molar-refractivity contribution in [1.29, 1.82) is 0 Å². The first kappa shape index (κ1) is 17.6. The highest BCUT2D eigenvalue weighted by atomic mass is 32.2. The Hall–Kier alpha value is -1.75. The van der Waals surface area contributed by atoms with Gasteiger partial charge in [-0.05, 0) is 36.3 Å². The summed E-state index contributed by atoms with van der Waals surface area (Å²) in [5, 5.41) is 4.63. The van der Waals surface area contributed by atoms with E-state index in [2.05, 4.69) is 12.2 Å². The van der Waals surface area contributed by atoms with Gasteiger partial charge in [0.05, 0.1) is 0 Å². The second kappa shape index (κ2) is 9.40. The molecule has 124 valence electrons. The van der Waals surface area contributed by atoms with Crippen LogP contribution in [0.1, 0.15) is 32.6 Å². The first-order valence-corrected chi connectivity index (χ1v) is 8.87. The molecule has 2 atom stereocenters. The molecule has 1 aromatic carbocycles. The molecule has 1 amide bonds. The minimum atomic E-state index is -0.500. The Kier molecular flexibility index (Phi) is 7.20. The lowest BCUT2D eigenvalue weighted by atomic mass is 9.86. The molecule has 1 N–H and O–H groups in total. The van der Waals surface area contributed by atoms with Gasteiger partial charge in [0.25, 0.3) is 5.91 Å². The molecule has 0 unspecified atom stereocenters. The van der Waals surface area contributed by atoms with Crippen LogP contribution in [0, 0.1) is 5.92 Å². The number of thioether (sulfide) groups is 1. The average molecular weight is 333 g/mol. The fourth-order valence-electron chi connectivity index (χ4n) is 2.63. The van der Waals surface area contributed by atoms with Crippen LogP contribution in [0.4, 0.5) is 0 Å². The maximum atomic E-state index is 11.8. The van der Waals surface area contributed by atoms with Gasteiger partial charge in [0.1, 0.15) is 0 Å². The van der Waals surface area contributed by atoms with E-state index in [1.165, 1.54) is 24.3 Å². The second-order valence-electron chi connectivity index (χ2n) is 5.78. The molecule has 1 fully saturated rings. The Morgan fingerprint density at radius 1 is 1.26 bits per heavy atom. The molecule has 0 saturated heterocycles. The number of carbonyl (C=O) groups excluding carboxylic acids is 2. The summed E-state index contributed by atoms with van der Waals surface area (Å²) in [6.07, 6.45) is 5.87. The topological polar surface area (TPSA) is 55.4 Å². The van der Waals surface area contributed by atoms with Crippen LogP contribution in [0.2, 0.25) is 0 Å². The standard InChI is InChI=1S/C18H23NO3S/c1-14-7-5-6-10-16(14)19-17(20)13-22-18(21)11-12-23-15-8-3-2-4-9-15/h2-4,8-9,11-12,14,16H,5-7,10,13H2,1H3,(H,19,20)/b12-11+/t14-,16+/m1/s1. The third-order valence-electron chi connectivity index (χ3n) is 3.95. The number of carbonyl (C=O) groups is 2. The van der Waals surface area contributed by atoms with Crippen molar-refractivity contribution < 1.29 is 14.3 Å². The number of ether oxygens (including phenoxy) is 1. The predicted molar refractivity (Wildman–Crippen MR) is 92.0 cm³/mol. The van der Waals surface area contributed by atoms with Crippen LogP contribution in [0.3, 0.4) is 0 Å². The normalized spacial score (nSPS) is 21.1. The maximum Gasteiger partial charge on any atom is 0.331 e. The van der Waals surface area contributed by atoms with Crippen molar-refractivity contribution in [3.63, 3.8) is 0 Å². The molecule has 0 aliphatic heterocycles. The van der Waals surface area contributed by atoms with Crippen LogP contribution >= 0.6 is 11.8 Å². The number of benzene rings is 1. The molecule has 0 radical (unpaired) electrons. The number of hydrogen-bond donors (Lipinski definition) is 1. The molecular formula is C18H23NO3S. The predicted octanol–water partition coefficient (Wildman–Crippen LogP) is 3.53. The van der Waals surface area contributed by atoms with Gasteiger partial charge in [-0.25, -0.2) is 4.79 Å². The molecule has 1 saturated carbocycles. The van der Waals surface area contributed by atoms with Gasteiger partial charge in [0, 0.05) is 17.0 Å². The van der Waals surface area contributed by atoms with Gasteiger partial charge in [-0.2, -0.15) is 0 Å². The molecule has 0 aromatic heterocycles. The Labute approximate surface area is 141 Å². The van der Waals surface area contributed by atoms with E-state index in [0.717, 1.165) is 24.2 Å². The summed E-state index contributed by atoms with van der Waals surface area (Å²) >= 11 is 1.43. The van der Waals surface area contributed by atoms with Crippen molar-refractivity contribution in [3.8, 4) is 0 Å². The largest absolute Gasteiger partial charge is 0.452 e. The summed E-state index contributed by atoms with van der Waals surface area (Å²) in [5.41, 5.74) is 0. The number of nitrogens with one attached hydrogen (secondary N) is 1. The highest BCUT2D eigenvalue weighted by Crippen LogP contribution is 2.23. The third kappa shape index (κ3) is 6.48. The smallest absolute Gasteiger partial charge is 0.331 e. The first-order valence-electron chi connectivity index (χ1n) is 7.99. The summed E-state index contributed by atoms with van der Waals surface area (Å²) in [6, 6.07) is 9.93.